The molecule has 2 saturated heterocycles. The van der Waals surface area contributed by atoms with Crippen LogP contribution < -0.4 is 0 Å². The van der Waals surface area contributed by atoms with Crippen LogP contribution in [0.2, 0.25) is 0 Å². The molecule has 2 heteroatoms. The van der Waals surface area contributed by atoms with Crippen LogP contribution in [0.15, 0.2) is 0 Å². The Bertz CT molecular complexity index is 213. The third kappa shape index (κ3) is 2.07. The number of nitrogens with zero attached hydrogens (tertiary/aromatic N) is 2. The summed E-state index contributed by atoms with van der Waals surface area (Å²) in [6, 6.07) is 1.87. The normalized spacial score (nSPS) is 35.6. The lowest BCUT2D eigenvalue weighted by atomic mass is 9.90. The maximum Gasteiger partial charge on any atom is 0.0223 e. The summed E-state index contributed by atoms with van der Waals surface area (Å²) in [7, 11) is 0. The molecule has 1 saturated carbocycles. The molecule has 86 valence electrons. The van der Waals surface area contributed by atoms with E-state index in [-0.39, 0.29) is 0 Å². The second-order valence-electron chi connectivity index (χ2n) is 5.62. The van der Waals surface area contributed by atoms with Gasteiger partial charge < -0.3 is 0 Å². The van der Waals surface area contributed by atoms with Gasteiger partial charge in [-0.15, -0.1) is 0 Å². The first kappa shape index (κ1) is 10.1. The molecule has 0 aromatic rings. The highest BCUT2D eigenvalue weighted by Crippen LogP contribution is 2.28. The van der Waals surface area contributed by atoms with E-state index in [9.17, 15) is 0 Å². The van der Waals surface area contributed by atoms with Crippen molar-refractivity contribution in [3.8, 4) is 0 Å². The van der Waals surface area contributed by atoms with Crippen molar-refractivity contribution in [3.05, 3.63) is 0 Å². The summed E-state index contributed by atoms with van der Waals surface area (Å²) in [4.78, 5) is 5.57. The third-order valence-electron chi connectivity index (χ3n) is 4.68. The Labute approximate surface area is 93.6 Å². The van der Waals surface area contributed by atoms with Gasteiger partial charge in [-0.1, -0.05) is 12.8 Å². The molecule has 3 fully saturated rings. The second kappa shape index (κ2) is 4.42. The highest BCUT2D eigenvalue weighted by molar-refractivity contribution is 4.88. The predicted molar refractivity (Wildman–Crippen MR) is 63.0 cm³/mol. The van der Waals surface area contributed by atoms with Crippen LogP contribution in [-0.2, 0) is 0 Å². The summed E-state index contributed by atoms with van der Waals surface area (Å²) >= 11 is 0. The molecule has 3 rings (SSSR count). The second-order valence-corrected chi connectivity index (χ2v) is 5.62. The van der Waals surface area contributed by atoms with Gasteiger partial charge in [-0.05, 0) is 51.7 Å². The molecular formula is C13H24N2. The Morgan fingerprint density at radius 2 is 1.33 bits per heavy atom. The van der Waals surface area contributed by atoms with E-state index in [0.29, 0.717) is 0 Å². The number of hydrogen-bond acceptors (Lipinski definition) is 2. The van der Waals surface area contributed by atoms with Gasteiger partial charge in [0, 0.05) is 18.6 Å². The van der Waals surface area contributed by atoms with Crippen LogP contribution in [0.25, 0.3) is 0 Å². The van der Waals surface area contributed by atoms with E-state index in [2.05, 4.69) is 9.80 Å². The van der Waals surface area contributed by atoms with Crippen molar-refractivity contribution in [1.29, 1.82) is 0 Å². The van der Waals surface area contributed by atoms with Gasteiger partial charge in [-0.2, -0.15) is 0 Å². The molecule has 1 atom stereocenters. The van der Waals surface area contributed by atoms with Gasteiger partial charge in [0.1, 0.15) is 0 Å². The van der Waals surface area contributed by atoms with E-state index < -0.39 is 0 Å². The first-order valence-corrected chi connectivity index (χ1v) is 6.91. The smallest absolute Gasteiger partial charge is 0.0223 e. The summed E-state index contributed by atoms with van der Waals surface area (Å²) in [5.41, 5.74) is 0. The molecule has 2 nitrogen and oxygen atoms in total. The highest BCUT2D eigenvalue weighted by Gasteiger charge is 2.32. The van der Waals surface area contributed by atoms with Crippen molar-refractivity contribution < 1.29 is 0 Å². The summed E-state index contributed by atoms with van der Waals surface area (Å²) in [5, 5.41) is 0. The van der Waals surface area contributed by atoms with Gasteiger partial charge >= 0.3 is 0 Å². The van der Waals surface area contributed by atoms with Crippen LogP contribution in [0.4, 0.5) is 0 Å². The molecular weight excluding hydrogens is 184 g/mol. The number of piperidine rings is 1. The molecule has 1 unspecified atom stereocenters. The SMILES string of the molecule is C1CCN2CCCN(C3CCC3)CC2C1. The number of fused-ring (bicyclic) bond motifs is 1. The standard InChI is InChI=1S/C13H24N2/c1-2-8-14-9-4-10-15(11-13(14)5-1)12-6-3-7-12/h12-13H,1-11H2. The van der Waals surface area contributed by atoms with Gasteiger partial charge in [-0.3, -0.25) is 9.80 Å². The van der Waals surface area contributed by atoms with Crippen molar-refractivity contribution in [2.45, 2.75) is 57.0 Å². The van der Waals surface area contributed by atoms with Crippen molar-refractivity contribution >= 4 is 0 Å². The minimum atomic E-state index is 0.904. The van der Waals surface area contributed by atoms with Gasteiger partial charge in [0.15, 0.2) is 0 Å². The van der Waals surface area contributed by atoms with Crippen molar-refractivity contribution in [1.82, 2.24) is 9.80 Å². The van der Waals surface area contributed by atoms with Crippen LogP contribution in [0, 0.1) is 0 Å². The van der Waals surface area contributed by atoms with Gasteiger partial charge in [0.2, 0.25) is 0 Å². The van der Waals surface area contributed by atoms with E-state index in [1.54, 1.807) is 0 Å². The first-order chi connectivity index (χ1) is 7.43. The molecule has 0 amide bonds. The molecule has 0 spiro atoms. The molecule has 1 aliphatic carbocycles. The average Bonchev–Trinajstić information content (AvgIpc) is 2.37. The lowest BCUT2D eigenvalue weighted by Gasteiger charge is -2.40. The van der Waals surface area contributed by atoms with E-state index in [1.807, 2.05) is 0 Å². The Kier molecular flexibility index (Phi) is 2.98. The molecule has 0 N–H and O–H groups in total. The van der Waals surface area contributed by atoms with Gasteiger partial charge in [0.25, 0.3) is 0 Å². The zero-order chi connectivity index (χ0) is 10.1. The Hall–Kier alpha value is -0.0800. The van der Waals surface area contributed by atoms with E-state index in [0.717, 1.165) is 12.1 Å². The largest absolute Gasteiger partial charge is 0.299 e. The zero-order valence-corrected chi connectivity index (χ0v) is 9.83. The quantitative estimate of drug-likeness (QED) is 0.651. The van der Waals surface area contributed by atoms with Crippen LogP contribution in [-0.4, -0.2) is 48.1 Å². The zero-order valence-electron chi connectivity index (χ0n) is 9.83. The van der Waals surface area contributed by atoms with Crippen LogP contribution in [0.1, 0.15) is 44.9 Å². The van der Waals surface area contributed by atoms with E-state index >= 15 is 0 Å². The highest BCUT2D eigenvalue weighted by atomic mass is 15.3. The van der Waals surface area contributed by atoms with Crippen LogP contribution >= 0.6 is 0 Å². The number of rotatable bonds is 1. The Morgan fingerprint density at radius 3 is 2.13 bits per heavy atom. The molecule has 0 aromatic carbocycles. The summed E-state index contributed by atoms with van der Waals surface area (Å²) in [6.45, 7) is 5.50. The topological polar surface area (TPSA) is 6.48 Å². The Balaban J connectivity index is 1.63. The fourth-order valence-corrected chi connectivity index (χ4v) is 3.48. The molecule has 3 aliphatic rings. The minimum Gasteiger partial charge on any atom is -0.299 e. The Morgan fingerprint density at radius 1 is 0.600 bits per heavy atom. The van der Waals surface area contributed by atoms with Crippen LogP contribution in [0.5, 0.6) is 0 Å². The van der Waals surface area contributed by atoms with Crippen molar-refractivity contribution in [2.75, 3.05) is 26.2 Å². The van der Waals surface area contributed by atoms with Crippen LogP contribution in [0.3, 0.4) is 0 Å². The molecule has 0 bridgehead atoms. The van der Waals surface area contributed by atoms with Crippen molar-refractivity contribution in [3.63, 3.8) is 0 Å². The predicted octanol–water partition coefficient (Wildman–Crippen LogP) is 2.10. The molecule has 2 aliphatic heterocycles. The summed E-state index contributed by atoms with van der Waals surface area (Å²) in [5.74, 6) is 0. The first-order valence-electron chi connectivity index (χ1n) is 6.91. The number of hydrogen-bond donors (Lipinski definition) is 0. The summed E-state index contributed by atoms with van der Waals surface area (Å²) < 4.78 is 0. The van der Waals surface area contributed by atoms with E-state index in [4.69, 9.17) is 0 Å². The molecule has 15 heavy (non-hydrogen) atoms. The van der Waals surface area contributed by atoms with Gasteiger partial charge in [-0.25, -0.2) is 0 Å². The lowest BCUT2D eigenvalue weighted by Crippen LogP contribution is -2.48. The van der Waals surface area contributed by atoms with E-state index in [1.165, 1.54) is 71.1 Å². The molecule has 2 heterocycles. The fraction of sp³-hybridized carbons (Fsp3) is 1.00. The maximum atomic E-state index is 2.81. The monoisotopic (exact) mass is 208 g/mol. The average molecular weight is 208 g/mol. The van der Waals surface area contributed by atoms with Crippen molar-refractivity contribution in [2.24, 2.45) is 0 Å². The maximum absolute atomic E-state index is 2.81. The lowest BCUT2D eigenvalue weighted by molar-refractivity contribution is 0.0907. The molecule has 0 aromatic heterocycles. The third-order valence-corrected chi connectivity index (χ3v) is 4.68. The minimum absolute atomic E-state index is 0.904. The molecule has 0 radical (unpaired) electrons. The summed E-state index contributed by atoms with van der Waals surface area (Å²) in [6.07, 6.45) is 10.2. The fourth-order valence-electron chi connectivity index (χ4n) is 3.48. The van der Waals surface area contributed by atoms with Gasteiger partial charge in [0.05, 0.1) is 0 Å².